The van der Waals surface area contributed by atoms with Crippen molar-refractivity contribution < 1.29 is 5.11 Å². The van der Waals surface area contributed by atoms with Crippen LogP contribution in [0, 0.1) is 0 Å². The zero-order valence-corrected chi connectivity index (χ0v) is 8.67. The van der Waals surface area contributed by atoms with E-state index in [9.17, 15) is 5.11 Å². The number of aromatic hydroxyl groups is 1. The van der Waals surface area contributed by atoms with Gasteiger partial charge in [0, 0.05) is 11.5 Å². The summed E-state index contributed by atoms with van der Waals surface area (Å²) in [6, 6.07) is 4.84. The number of nitrogens with zero attached hydrogens (tertiary/aromatic N) is 2. The summed E-state index contributed by atoms with van der Waals surface area (Å²) in [6.45, 7) is 0. The van der Waals surface area contributed by atoms with Crippen molar-refractivity contribution in [3.05, 3.63) is 28.1 Å². The van der Waals surface area contributed by atoms with Gasteiger partial charge in [0.15, 0.2) is 0 Å². The van der Waals surface area contributed by atoms with Crippen LogP contribution in [0.4, 0.5) is 0 Å². The molecule has 66 valence electrons. The highest BCUT2D eigenvalue weighted by atomic mass is 79.9. The lowest BCUT2D eigenvalue weighted by atomic mass is 10.2. The van der Waals surface area contributed by atoms with Crippen molar-refractivity contribution in [2.75, 3.05) is 0 Å². The number of phenols is 1. The van der Waals surface area contributed by atoms with Crippen molar-refractivity contribution in [1.82, 2.24) is 9.97 Å². The smallest absolute Gasteiger partial charge is 0.224 e. The van der Waals surface area contributed by atoms with Crippen LogP contribution in [0.5, 0.6) is 5.75 Å². The van der Waals surface area contributed by atoms with E-state index in [4.69, 9.17) is 11.6 Å². The van der Waals surface area contributed by atoms with Gasteiger partial charge in [-0.25, -0.2) is 9.97 Å². The molecule has 0 spiro atoms. The summed E-state index contributed by atoms with van der Waals surface area (Å²) in [4.78, 5) is 7.88. The van der Waals surface area contributed by atoms with Gasteiger partial charge in [0.1, 0.15) is 10.4 Å². The Hall–Kier alpha value is -0.870. The van der Waals surface area contributed by atoms with Gasteiger partial charge in [-0.2, -0.15) is 0 Å². The van der Waals surface area contributed by atoms with Gasteiger partial charge in [-0.3, -0.25) is 0 Å². The van der Waals surface area contributed by atoms with Crippen LogP contribution in [0.2, 0.25) is 5.28 Å². The first-order chi connectivity index (χ1) is 6.16. The van der Waals surface area contributed by atoms with Crippen LogP contribution in [0.1, 0.15) is 0 Å². The second kappa shape index (κ2) is 3.12. The Labute approximate surface area is 87.5 Å². The van der Waals surface area contributed by atoms with Crippen LogP contribution in [-0.4, -0.2) is 15.1 Å². The predicted molar refractivity (Wildman–Crippen MR) is 53.9 cm³/mol. The molecule has 1 N–H and O–H groups in total. The minimum atomic E-state index is 0.157. The molecule has 5 heteroatoms. The van der Waals surface area contributed by atoms with Gasteiger partial charge in [0.05, 0.1) is 5.52 Å². The Morgan fingerprint density at radius 3 is 2.85 bits per heavy atom. The predicted octanol–water partition coefficient (Wildman–Crippen LogP) is 2.75. The minimum absolute atomic E-state index is 0.157. The summed E-state index contributed by atoms with van der Waals surface area (Å²) in [5.74, 6) is 0.161. The topological polar surface area (TPSA) is 46.0 Å². The van der Waals surface area contributed by atoms with Gasteiger partial charge >= 0.3 is 0 Å². The van der Waals surface area contributed by atoms with Crippen molar-refractivity contribution >= 4 is 38.4 Å². The number of benzene rings is 1. The standard InChI is InChI=1S/C8H4BrClN2O/c9-7-5-2-1-4(13)3-6(5)11-8(10)12-7/h1-3,13H. The van der Waals surface area contributed by atoms with E-state index < -0.39 is 0 Å². The van der Waals surface area contributed by atoms with Crippen molar-refractivity contribution in [3.8, 4) is 5.75 Å². The van der Waals surface area contributed by atoms with E-state index in [1.807, 2.05) is 0 Å². The van der Waals surface area contributed by atoms with Crippen LogP contribution in [0.3, 0.4) is 0 Å². The molecule has 0 aliphatic rings. The summed E-state index contributed by atoms with van der Waals surface area (Å²) in [7, 11) is 0. The lowest BCUT2D eigenvalue weighted by Crippen LogP contribution is -1.86. The molecule has 3 nitrogen and oxygen atoms in total. The summed E-state index contributed by atoms with van der Waals surface area (Å²) in [6.07, 6.45) is 0. The van der Waals surface area contributed by atoms with Crippen LogP contribution < -0.4 is 0 Å². The molecule has 0 amide bonds. The van der Waals surface area contributed by atoms with Gasteiger partial charge in [-0.05, 0) is 39.7 Å². The molecular formula is C8H4BrClN2O. The number of rotatable bonds is 0. The van der Waals surface area contributed by atoms with Crippen molar-refractivity contribution in [2.45, 2.75) is 0 Å². The van der Waals surface area contributed by atoms with Crippen molar-refractivity contribution in [3.63, 3.8) is 0 Å². The maximum atomic E-state index is 9.19. The van der Waals surface area contributed by atoms with Crippen molar-refractivity contribution in [1.29, 1.82) is 0 Å². The van der Waals surface area contributed by atoms with Crippen LogP contribution in [0.25, 0.3) is 10.9 Å². The van der Waals surface area contributed by atoms with Gasteiger partial charge < -0.3 is 5.11 Å². The van der Waals surface area contributed by atoms with Gasteiger partial charge in [-0.15, -0.1) is 0 Å². The second-order valence-corrected chi connectivity index (χ2v) is 3.57. The lowest BCUT2D eigenvalue weighted by Gasteiger charge is -2.00. The Bertz CT molecular complexity index is 470. The maximum Gasteiger partial charge on any atom is 0.224 e. The fourth-order valence-electron chi connectivity index (χ4n) is 1.05. The maximum absolute atomic E-state index is 9.19. The normalized spacial score (nSPS) is 10.6. The molecule has 2 rings (SSSR count). The van der Waals surface area contributed by atoms with Gasteiger partial charge in [-0.1, -0.05) is 0 Å². The SMILES string of the molecule is Oc1ccc2c(Br)nc(Cl)nc2c1. The van der Waals surface area contributed by atoms with Gasteiger partial charge in [0.25, 0.3) is 0 Å². The molecular weight excluding hydrogens is 255 g/mol. The number of fused-ring (bicyclic) bond motifs is 1. The van der Waals surface area contributed by atoms with Gasteiger partial charge in [0.2, 0.25) is 5.28 Å². The largest absolute Gasteiger partial charge is 0.508 e. The van der Waals surface area contributed by atoms with E-state index >= 15 is 0 Å². The fraction of sp³-hybridized carbons (Fsp3) is 0. The molecule has 13 heavy (non-hydrogen) atoms. The second-order valence-electron chi connectivity index (χ2n) is 2.48. The molecule has 2 aromatic rings. The minimum Gasteiger partial charge on any atom is -0.508 e. The molecule has 0 saturated carbocycles. The zero-order valence-electron chi connectivity index (χ0n) is 6.33. The third kappa shape index (κ3) is 1.59. The average Bonchev–Trinajstić information content (AvgIpc) is 2.02. The van der Waals surface area contributed by atoms with Crippen LogP contribution in [0.15, 0.2) is 22.8 Å². The number of hydrogen-bond acceptors (Lipinski definition) is 3. The van der Waals surface area contributed by atoms with E-state index in [2.05, 4.69) is 25.9 Å². The first-order valence-corrected chi connectivity index (χ1v) is 4.65. The highest BCUT2D eigenvalue weighted by Crippen LogP contribution is 2.25. The summed E-state index contributed by atoms with van der Waals surface area (Å²) in [5.41, 5.74) is 0.617. The molecule has 0 atom stereocenters. The van der Waals surface area contributed by atoms with E-state index in [-0.39, 0.29) is 11.0 Å². The Morgan fingerprint density at radius 1 is 1.31 bits per heavy atom. The average molecular weight is 259 g/mol. The van der Waals surface area contributed by atoms with E-state index in [0.29, 0.717) is 10.1 Å². The van der Waals surface area contributed by atoms with E-state index in [1.54, 1.807) is 12.1 Å². The first-order valence-electron chi connectivity index (χ1n) is 3.48. The summed E-state index contributed by atoms with van der Waals surface area (Å²) in [5, 5.41) is 10.2. The van der Waals surface area contributed by atoms with E-state index in [0.717, 1.165) is 5.39 Å². The third-order valence-electron chi connectivity index (χ3n) is 1.61. The highest BCUT2D eigenvalue weighted by molar-refractivity contribution is 9.10. The molecule has 1 aromatic heterocycles. The number of aromatic nitrogens is 2. The zero-order chi connectivity index (χ0) is 9.42. The molecule has 0 unspecified atom stereocenters. The Morgan fingerprint density at radius 2 is 2.08 bits per heavy atom. The molecule has 0 bridgehead atoms. The molecule has 0 radical (unpaired) electrons. The highest BCUT2D eigenvalue weighted by Gasteiger charge is 2.03. The van der Waals surface area contributed by atoms with Crippen molar-refractivity contribution in [2.24, 2.45) is 0 Å². The monoisotopic (exact) mass is 258 g/mol. The third-order valence-corrected chi connectivity index (χ3v) is 2.38. The summed E-state index contributed by atoms with van der Waals surface area (Å²) >= 11 is 8.90. The summed E-state index contributed by atoms with van der Waals surface area (Å²) < 4.78 is 0.627. The molecule has 0 fully saturated rings. The Balaban J connectivity index is 2.86. The molecule has 0 saturated heterocycles. The number of hydrogen-bond donors (Lipinski definition) is 1. The number of phenolic OH excluding ortho intramolecular Hbond substituents is 1. The lowest BCUT2D eigenvalue weighted by molar-refractivity contribution is 0.476. The van der Waals surface area contributed by atoms with E-state index in [1.165, 1.54) is 6.07 Å². The molecule has 0 aliphatic carbocycles. The molecule has 1 heterocycles. The first kappa shape index (κ1) is 8.72. The fourth-order valence-corrected chi connectivity index (χ4v) is 1.83. The Kier molecular flexibility index (Phi) is 2.09. The van der Waals surface area contributed by atoms with Crippen LogP contribution >= 0.6 is 27.5 Å². The molecule has 0 aliphatic heterocycles. The van der Waals surface area contributed by atoms with Crippen LogP contribution in [-0.2, 0) is 0 Å². The quantitative estimate of drug-likeness (QED) is 0.584. The molecule has 1 aromatic carbocycles. The number of halogens is 2.